The lowest BCUT2D eigenvalue weighted by Gasteiger charge is -2.18. The highest BCUT2D eigenvalue weighted by molar-refractivity contribution is 5.93. The van der Waals surface area contributed by atoms with E-state index in [1.165, 1.54) is 18.4 Å². The number of amides is 1. The second-order valence-corrected chi connectivity index (χ2v) is 5.79. The van der Waals surface area contributed by atoms with Gasteiger partial charge in [0.05, 0.1) is 12.1 Å². The summed E-state index contributed by atoms with van der Waals surface area (Å²) in [4.78, 5) is 14.3. The van der Waals surface area contributed by atoms with Crippen molar-refractivity contribution in [2.75, 3.05) is 24.5 Å². The van der Waals surface area contributed by atoms with Crippen LogP contribution in [0, 0.1) is 11.7 Å². The predicted octanol–water partition coefficient (Wildman–Crippen LogP) is 2.13. The third-order valence-corrected chi connectivity index (χ3v) is 4.15. The number of furan rings is 1. The standard InChI is InChI=1S/C17H20FN3O2/c18-14-1-3-15(4-2-14)21-6-5-12(10-21)9-20-17(22)13-7-16(8-19)23-11-13/h1-4,7,11-12H,5-6,8-10,19H2,(H,20,22). The number of carbonyl (C=O) groups excluding carboxylic acids is 1. The molecule has 2 aromatic rings. The second kappa shape index (κ2) is 6.83. The van der Waals surface area contributed by atoms with Crippen LogP contribution < -0.4 is 16.0 Å². The zero-order valence-electron chi connectivity index (χ0n) is 12.8. The minimum Gasteiger partial charge on any atom is -0.467 e. The summed E-state index contributed by atoms with van der Waals surface area (Å²) in [5.41, 5.74) is 6.98. The van der Waals surface area contributed by atoms with Gasteiger partial charge in [0.1, 0.15) is 17.8 Å². The Morgan fingerprint density at radius 2 is 2.17 bits per heavy atom. The molecule has 1 aromatic carbocycles. The largest absolute Gasteiger partial charge is 0.467 e. The molecule has 0 bridgehead atoms. The summed E-state index contributed by atoms with van der Waals surface area (Å²) < 4.78 is 18.1. The Balaban J connectivity index is 1.50. The summed E-state index contributed by atoms with van der Waals surface area (Å²) in [6.07, 6.45) is 2.42. The molecule has 1 fully saturated rings. The number of hydrogen-bond donors (Lipinski definition) is 2. The van der Waals surface area contributed by atoms with Crippen molar-refractivity contribution in [3.05, 3.63) is 53.7 Å². The van der Waals surface area contributed by atoms with E-state index in [1.54, 1.807) is 18.2 Å². The number of nitrogens with zero attached hydrogens (tertiary/aromatic N) is 1. The number of nitrogens with two attached hydrogens (primary N) is 1. The molecule has 5 nitrogen and oxygen atoms in total. The molecule has 23 heavy (non-hydrogen) atoms. The van der Waals surface area contributed by atoms with E-state index >= 15 is 0 Å². The molecule has 0 radical (unpaired) electrons. The Morgan fingerprint density at radius 3 is 2.87 bits per heavy atom. The lowest BCUT2D eigenvalue weighted by Crippen LogP contribution is -2.30. The summed E-state index contributed by atoms with van der Waals surface area (Å²) in [5.74, 6) is 0.603. The minimum atomic E-state index is -0.228. The first kappa shape index (κ1) is 15.6. The monoisotopic (exact) mass is 317 g/mol. The summed E-state index contributed by atoms with van der Waals surface area (Å²) in [7, 11) is 0. The van der Waals surface area contributed by atoms with Gasteiger partial charge in [0.25, 0.3) is 5.91 Å². The highest BCUT2D eigenvalue weighted by Gasteiger charge is 2.23. The van der Waals surface area contributed by atoms with Gasteiger partial charge in [-0.25, -0.2) is 4.39 Å². The quantitative estimate of drug-likeness (QED) is 0.886. The first-order valence-corrected chi connectivity index (χ1v) is 7.72. The fourth-order valence-electron chi connectivity index (χ4n) is 2.83. The fraction of sp³-hybridized carbons (Fsp3) is 0.353. The number of carbonyl (C=O) groups is 1. The third kappa shape index (κ3) is 3.71. The lowest BCUT2D eigenvalue weighted by molar-refractivity contribution is 0.0947. The van der Waals surface area contributed by atoms with E-state index in [4.69, 9.17) is 10.2 Å². The normalized spacial score (nSPS) is 17.5. The van der Waals surface area contributed by atoms with Crippen LogP contribution >= 0.6 is 0 Å². The van der Waals surface area contributed by atoms with Gasteiger partial charge < -0.3 is 20.4 Å². The highest BCUT2D eigenvalue weighted by atomic mass is 19.1. The topological polar surface area (TPSA) is 71.5 Å². The van der Waals surface area contributed by atoms with Crippen molar-refractivity contribution < 1.29 is 13.6 Å². The fourth-order valence-corrected chi connectivity index (χ4v) is 2.83. The number of halogens is 1. The van der Waals surface area contributed by atoms with E-state index in [9.17, 15) is 9.18 Å². The van der Waals surface area contributed by atoms with E-state index in [0.717, 1.165) is 25.2 Å². The Hall–Kier alpha value is -2.34. The van der Waals surface area contributed by atoms with Gasteiger partial charge in [-0.2, -0.15) is 0 Å². The molecule has 122 valence electrons. The third-order valence-electron chi connectivity index (χ3n) is 4.15. The van der Waals surface area contributed by atoms with Crippen LogP contribution in [0.5, 0.6) is 0 Å². The minimum absolute atomic E-state index is 0.145. The maximum Gasteiger partial charge on any atom is 0.254 e. The molecule has 1 aliphatic rings. The molecular formula is C17H20FN3O2. The second-order valence-electron chi connectivity index (χ2n) is 5.79. The smallest absolute Gasteiger partial charge is 0.254 e. The van der Waals surface area contributed by atoms with E-state index in [1.807, 2.05) is 0 Å². The zero-order valence-corrected chi connectivity index (χ0v) is 12.8. The molecule has 1 unspecified atom stereocenters. The summed E-state index contributed by atoms with van der Waals surface area (Å²) in [6.45, 7) is 2.66. The maximum atomic E-state index is 13.0. The molecule has 0 aliphatic carbocycles. The van der Waals surface area contributed by atoms with Crippen LogP contribution in [-0.4, -0.2) is 25.5 Å². The molecule has 1 amide bonds. The van der Waals surface area contributed by atoms with Crippen molar-refractivity contribution in [3.8, 4) is 0 Å². The van der Waals surface area contributed by atoms with Gasteiger partial charge in [-0.15, -0.1) is 0 Å². The van der Waals surface area contributed by atoms with Crippen LogP contribution in [-0.2, 0) is 6.54 Å². The van der Waals surface area contributed by atoms with Gasteiger partial charge >= 0.3 is 0 Å². The molecule has 2 heterocycles. The molecule has 6 heteroatoms. The molecular weight excluding hydrogens is 297 g/mol. The number of nitrogens with one attached hydrogen (secondary N) is 1. The van der Waals surface area contributed by atoms with E-state index < -0.39 is 0 Å². The number of anilines is 1. The van der Waals surface area contributed by atoms with E-state index in [0.29, 0.717) is 23.8 Å². The highest BCUT2D eigenvalue weighted by Crippen LogP contribution is 2.23. The van der Waals surface area contributed by atoms with E-state index in [-0.39, 0.29) is 18.3 Å². The van der Waals surface area contributed by atoms with Gasteiger partial charge in [-0.05, 0) is 42.7 Å². The predicted molar refractivity (Wildman–Crippen MR) is 85.7 cm³/mol. The van der Waals surface area contributed by atoms with Gasteiger partial charge in [-0.1, -0.05) is 0 Å². The Kier molecular flexibility index (Phi) is 4.62. The molecule has 1 saturated heterocycles. The van der Waals surface area contributed by atoms with Crippen molar-refractivity contribution >= 4 is 11.6 Å². The molecule has 0 saturated carbocycles. The average Bonchev–Trinajstić information content (AvgIpc) is 3.22. The SMILES string of the molecule is NCc1cc(C(=O)NCC2CCN(c3ccc(F)cc3)C2)co1. The number of rotatable bonds is 5. The van der Waals surface area contributed by atoms with Gasteiger partial charge in [0.15, 0.2) is 0 Å². The maximum absolute atomic E-state index is 13.0. The van der Waals surface area contributed by atoms with Crippen LogP contribution in [0.4, 0.5) is 10.1 Å². The molecule has 0 spiro atoms. The van der Waals surface area contributed by atoms with Crippen LogP contribution in [0.3, 0.4) is 0 Å². The summed E-state index contributed by atoms with van der Waals surface area (Å²) in [6, 6.07) is 8.18. The molecule has 1 aromatic heterocycles. The van der Waals surface area contributed by atoms with Crippen LogP contribution in [0.25, 0.3) is 0 Å². The molecule has 3 N–H and O–H groups in total. The Bertz CT molecular complexity index is 669. The number of benzene rings is 1. The molecule has 1 atom stereocenters. The Morgan fingerprint density at radius 1 is 1.39 bits per heavy atom. The van der Waals surface area contributed by atoms with Gasteiger partial charge in [0, 0.05) is 25.3 Å². The van der Waals surface area contributed by atoms with Gasteiger partial charge in [-0.3, -0.25) is 4.79 Å². The van der Waals surface area contributed by atoms with Crippen molar-refractivity contribution in [2.45, 2.75) is 13.0 Å². The van der Waals surface area contributed by atoms with Crippen LogP contribution in [0.1, 0.15) is 22.5 Å². The molecule has 3 rings (SSSR count). The lowest BCUT2D eigenvalue weighted by atomic mass is 10.1. The number of hydrogen-bond acceptors (Lipinski definition) is 4. The molecule has 1 aliphatic heterocycles. The Labute approximate surface area is 134 Å². The summed E-state index contributed by atoms with van der Waals surface area (Å²) >= 11 is 0. The van der Waals surface area contributed by atoms with Crippen molar-refractivity contribution in [1.82, 2.24) is 5.32 Å². The van der Waals surface area contributed by atoms with Crippen molar-refractivity contribution in [1.29, 1.82) is 0 Å². The van der Waals surface area contributed by atoms with Gasteiger partial charge in [0.2, 0.25) is 0 Å². The van der Waals surface area contributed by atoms with Crippen LogP contribution in [0.15, 0.2) is 41.0 Å². The first-order valence-electron chi connectivity index (χ1n) is 7.72. The van der Waals surface area contributed by atoms with Crippen molar-refractivity contribution in [2.24, 2.45) is 11.7 Å². The van der Waals surface area contributed by atoms with Crippen LogP contribution in [0.2, 0.25) is 0 Å². The van der Waals surface area contributed by atoms with E-state index in [2.05, 4.69) is 10.2 Å². The summed E-state index contributed by atoms with van der Waals surface area (Å²) in [5, 5.41) is 2.93. The first-order chi connectivity index (χ1) is 11.2. The van der Waals surface area contributed by atoms with Crippen molar-refractivity contribution in [3.63, 3.8) is 0 Å². The average molecular weight is 317 g/mol. The zero-order chi connectivity index (χ0) is 16.2.